The fraction of sp³-hybridized carbons (Fsp3) is 1.00. The van der Waals surface area contributed by atoms with Crippen LogP contribution in [-0.2, 0) is 4.74 Å². The Balaban J connectivity index is 1.71. The van der Waals surface area contributed by atoms with Gasteiger partial charge in [0, 0.05) is 26.2 Å². The first kappa shape index (κ1) is 9.44. The molecule has 76 valence electrons. The molecule has 1 heterocycles. The Hall–Kier alpha value is -0.120. The molecule has 2 fully saturated rings. The molecule has 3 nitrogen and oxygen atoms in total. The van der Waals surface area contributed by atoms with Crippen LogP contribution in [0.3, 0.4) is 0 Å². The zero-order valence-electron chi connectivity index (χ0n) is 8.28. The van der Waals surface area contributed by atoms with Gasteiger partial charge in [-0.3, -0.25) is 4.90 Å². The smallest absolute Gasteiger partial charge is 0.0825 e. The van der Waals surface area contributed by atoms with Gasteiger partial charge in [-0.15, -0.1) is 0 Å². The molecule has 2 aliphatic rings. The number of hydrogen-bond donors (Lipinski definition) is 1. The van der Waals surface area contributed by atoms with Crippen LogP contribution < -0.4 is 0 Å². The van der Waals surface area contributed by atoms with Crippen molar-refractivity contribution in [3.05, 3.63) is 0 Å². The maximum Gasteiger partial charge on any atom is 0.0825 e. The number of aliphatic hydroxyl groups is 1. The van der Waals surface area contributed by atoms with Gasteiger partial charge in [0.1, 0.15) is 0 Å². The second kappa shape index (κ2) is 3.95. The zero-order chi connectivity index (χ0) is 9.26. The van der Waals surface area contributed by atoms with Gasteiger partial charge in [0.25, 0.3) is 0 Å². The largest absolute Gasteiger partial charge is 0.393 e. The first-order valence-corrected chi connectivity index (χ1v) is 5.24. The van der Waals surface area contributed by atoms with Gasteiger partial charge >= 0.3 is 0 Å². The maximum atomic E-state index is 9.35. The van der Waals surface area contributed by atoms with Crippen LogP contribution >= 0.6 is 0 Å². The van der Waals surface area contributed by atoms with E-state index in [9.17, 15) is 5.11 Å². The number of aliphatic hydroxyl groups excluding tert-OH is 1. The number of rotatable bonds is 2. The molecule has 0 aromatic heterocycles. The van der Waals surface area contributed by atoms with Crippen LogP contribution in [0.25, 0.3) is 0 Å². The van der Waals surface area contributed by atoms with Crippen molar-refractivity contribution in [2.45, 2.75) is 43.9 Å². The van der Waals surface area contributed by atoms with Crippen molar-refractivity contribution in [2.75, 3.05) is 20.2 Å². The molecular weight excluding hydrogens is 166 g/mol. The van der Waals surface area contributed by atoms with Crippen molar-refractivity contribution in [1.82, 2.24) is 4.90 Å². The van der Waals surface area contributed by atoms with Crippen LogP contribution in [0.5, 0.6) is 0 Å². The van der Waals surface area contributed by atoms with Crippen molar-refractivity contribution in [3.8, 4) is 0 Å². The second-order valence-corrected chi connectivity index (χ2v) is 4.27. The SMILES string of the molecule is COC1CN(C2CCC(O)CC2)C1. The number of methoxy groups -OCH3 is 1. The first-order chi connectivity index (χ1) is 6.29. The summed E-state index contributed by atoms with van der Waals surface area (Å²) < 4.78 is 5.24. The molecule has 0 spiro atoms. The average Bonchev–Trinajstić information content (AvgIpc) is 2.06. The fourth-order valence-electron chi connectivity index (χ4n) is 2.34. The molecule has 0 aromatic rings. The molecule has 0 amide bonds. The molecule has 0 aromatic carbocycles. The predicted octanol–water partition coefficient (Wildman–Crippen LogP) is 0.620. The highest BCUT2D eigenvalue weighted by Crippen LogP contribution is 2.26. The molecule has 2 rings (SSSR count). The fourth-order valence-corrected chi connectivity index (χ4v) is 2.34. The van der Waals surface area contributed by atoms with Crippen molar-refractivity contribution in [2.24, 2.45) is 0 Å². The van der Waals surface area contributed by atoms with Crippen LogP contribution in [-0.4, -0.2) is 48.5 Å². The summed E-state index contributed by atoms with van der Waals surface area (Å²) in [7, 11) is 1.78. The van der Waals surface area contributed by atoms with Crippen LogP contribution in [0.2, 0.25) is 0 Å². The van der Waals surface area contributed by atoms with E-state index in [0.29, 0.717) is 6.10 Å². The standard InChI is InChI=1S/C10H19NO2/c1-13-10-6-11(7-10)8-2-4-9(12)5-3-8/h8-10,12H,2-7H2,1H3. The number of likely N-dealkylation sites (tertiary alicyclic amines) is 1. The van der Waals surface area contributed by atoms with Gasteiger partial charge in [0.05, 0.1) is 12.2 Å². The Morgan fingerprint density at radius 2 is 1.77 bits per heavy atom. The molecule has 1 N–H and O–H groups in total. The van der Waals surface area contributed by atoms with E-state index in [-0.39, 0.29) is 6.10 Å². The highest BCUT2D eigenvalue weighted by Gasteiger charge is 2.33. The lowest BCUT2D eigenvalue weighted by molar-refractivity contribution is -0.0636. The minimum Gasteiger partial charge on any atom is -0.393 e. The third kappa shape index (κ3) is 2.03. The lowest BCUT2D eigenvalue weighted by atomic mass is 9.90. The van der Waals surface area contributed by atoms with E-state index in [1.54, 1.807) is 7.11 Å². The van der Waals surface area contributed by atoms with Gasteiger partial charge in [0.2, 0.25) is 0 Å². The zero-order valence-corrected chi connectivity index (χ0v) is 8.28. The summed E-state index contributed by atoms with van der Waals surface area (Å²) in [5.41, 5.74) is 0. The summed E-state index contributed by atoms with van der Waals surface area (Å²) in [6, 6.07) is 0.717. The molecule has 0 bridgehead atoms. The van der Waals surface area contributed by atoms with Crippen molar-refractivity contribution >= 4 is 0 Å². The summed E-state index contributed by atoms with van der Waals surface area (Å²) in [6.07, 6.45) is 4.73. The van der Waals surface area contributed by atoms with Crippen LogP contribution in [0.4, 0.5) is 0 Å². The average molecular weight is 185 g/mol. The predicted molar refractivity (Wildman–Crippen MR) is 50.6 cm³/mol. The van der Waals surface area contributed by atoms with Crippen molar-refractivity contribution in [3.63, 3.8) is 0 Å². The van der Waals surface area contributed by atoms with Gasteiger partial charge in [0.15, 0.2) is 0 Å². The monoisotopic (exact) mass is 185 g/mol. The van der Waals surface area contributed by atoms with Gasteiger partial charge in [-0.05, 0) is 25.7 Å². The minimum absolute atomic E-state index is 0.0317. The van der Waals surface area contributed by atoms with E-state index in [1.165, 1.54) is 0 Å². The molecule has 1 saturated carbocycles. The molecule has 13 heavy (non-hydrogen) atoms. The molecule has 1 aliphatic heterocycles. The van der Waals surface area contributed by atoms with E-state index in [1.807, 2.05) is 0 Å². The normalized spacial score (nSPS) is 37.4. The van der Waals surface area contributed by atoms with Gasteiger partial charge < -0.3 is 9.84 Å². The molecular formula is C10H19NO2. The molecule has 1 aliphatic carbocycles. The number of nitrogens with zero attached hydrogens (tertiary/aromatic N) is 1. The third-order valence-electron chi connectivity index (χ3n) is 3.39. The van der Waals surface area contributed by atoms with E-state index < -0.39 is 0 Å². The lowest BCUT2D eigenvalue weighted by Crippen LogP contribution is -2.56. The minimum atomic E-state index is -0.0317. The Labute approximate surface area is 79.7 Å². The molecule has 0 unspecified atom stereocenters. The Morgan fingerprint density at radius 1 is 1.15 bits per heavy atom. The third-order valence-corrected chi connectivity index (χ3v) is 3.39. The Morgan fingerprint density at radius 3 is 2.31 bits per heavy atom. The van der Waals surface area contributed by atoms with E-state index in [0.717, 1.165) is 44.8 Å². The highest BCUT2D eigenvalue weighted by atomic mass is 16.5. The number of ether oxygens (including phenoxy) is 1. The van der Waals surface area contributed by atoms with Crippen LogP contribution in [0, 0.1) is 0 Å². The van der Waals surface area contributed by atoms with E-state index >= 15 is 0 Å². The maximum absolute atomic E-state index is 9.35. The summed E-state index contributed by atoms with van der Waals surface area (Å²) in [6.45, 7) is 2.19. The van der Waals surface area contributed by atoms with Crippen molar-refractivity contribution < 1.29 is 9.84 Å². The van der Waals surface area contributed by atoms with Gasteiger partial charge in [-0.2, -0.15) is 0 Å². The highest BCUT2D eigenvalue weighted by molar-refractivity contribution is 4.88. The number of hydrogen-bond acceptors (Lipinski definition) is 3. The van der Waals surface area contributed by atoms with E-state index in [2.05, 4.69) is 4.90 Å². The van der Waals surface area contributed by atoms with Crippen molar-refractivity contribution in [1.29, 1.82) is 0 Å². The molecule has 3 heteroatoms. The molecule has 0 atom stereocenters. The van der Waals surface area contributed by atoms with E-state index in [4.69, 9.17) is 4.74 Å². The van der Waals surface area contributed by atoms with Crippen LogP contribution in [0.1, 0.15) is 25.7 Å². The Bertz CT molecular complexity index is 160. The second-order valence-electron chi connectivity index (χ2n) is 4.27. The summed E-state index contributed by atoms with van der Waals surface area (Å²) in [4.78, 5) is 2.49. The molecule has 0 radical (unpaired) electrons. The molecule has 1 saturated heterocycles. The quantitative estimate of drug-likeness (QED) is 0.684. The van der Waals surface area contributed by atoms with Gasteiger partial charge in [-0.1, -0.05) is 0 Å². The Kier molecular flexibility index (Phi) is 2.86. The lowest BCUT2D eigenvalue weighted by Gasteiger charge is -2.45. The van der Waals surface area contributed by atoms with Gasteiger partial charge in [-0.25, -0.2) is 0 Å². The summed E-state index contributed by atoms with van der Waals surface area (Å²) in [5, 5.41) is 9.35. The summed E-state index contributed by atoms with van der Waals surface area (Å²) >= 11 is 0. The first-order valence-electron chi connectivity index (χ1n) is 5.24. The topological polar surface area (TPSA) is 32.7 Å². The summed E-state index contributed by atoms with van der Waals surface area (Å²) in [5.74, 6) is 0. The van der Waals surface area contributed by atoms with Crippen LogP contribution in [0.15, 0.2) is 0 Å².